The summed E-state index contributed by atoms with van der Waals surface area (Å²) in [5.41, 5.74) is 0. The first-order valence-electron chi connectivity index (χ1n) is 7.54. The van der Waals surface area contributed by atoms with E-state index in [1.165, 1.54) is 6.26 Å². The lowest BCUT2D eigenvalue weighted by Crippen LogP contribution is -2.49. The average Bonchev–Trinajstić information content (AvgIpc) is 2.41. The maximum atomic E-state index is 11.4. The molecule has 0 bridgehead atoms. The van der Waals surface area contributed by atoms with Crippen LogP contribution in [0.1, 0.15) is 12.8 Å². The van der Waals surface area contributed by atoms with Gasteiger partial charge in [-0.3, -0.25) is 4.90 Å². The van der Waals surface area contributed by atoms with Crippen LogP contribution in [0.3, 0.4) is 0 Å². The normalized spacial score (nSPS) is 25.1. The van der Waals surface area contributed by atoms with Gasteiger partial charge in [-0.1, -0.05) is 0 Å². The zero-order valence-electron chi connectivity index (χ0n) is 12.7. The first kappa shape index (κ1) is 16.2. The van der Waals surface area contributed by atoms with Crippen LogP contribution in [0.2, 0.25) is 0 Å². The number of piperidine rings is 1. The highest BCUT2D eigenvalue weighted by molar-refractivity contribution is 7.88. The summed E-state index contributed by atoms with van der Waals surface area (Å²) in [7, 11) is -0.828. The van der Waals surface area contributed by atoms with Gasteiger partial charge in [0.2, 0.25) is 10.0 Å². The van der Waals surface area contributed by atoms with E-state index in [0.29, 0.717) is 19.1 Å². The summed E-state index contributed by atoms with van der Waals surface area (Å²) in [5, 5.41) is 3.58. The van der Waals surface area contributed by atoms with Gasteiger partial charge in [-0.05, 0) is 19.9 Å². The Hall–Kier alpha value is -0.210. The molecule has 1 N–H and O–H groups in total. The van der Waals surface area contributed by atoms with Crippen molar-refractivity contribution in [2.24, 2.45) is 0 Å². The molecule has 2 fully saturated rings. The standard InChI is InChI=1S/C13H28N4O2S/c1-15-9-11-16(12-10-15)8-5-14-13-3-6-17(7-4-13)20(2,18)19/h13-14H,3-12H2,1-2H3. The van der Waals surface area contributed by atoms with Crippen molar-refractivity contribution in [1.29, 1.82) is 0 Å². The van der Waals surface area contributed by atoms with Gasteiger partial charge < -0.3 is 10.2 Å². The molecule has 2 heterocycles. The molecule has 0 spiro atoms. The van der Waals surface area contributed by atoms with Gasteiger partial charge in [0.15, 0.2) is 0 Å². The summed E-state index contributed by atoms with van der Waals surface area (Å²) < 4.78 is 24.5. The minimum Gasteiger partial charge on any atom is -0.313 e. The van der Waals surface area contributed by atoms with Crippen molar-refractivity contribution in [3.05, 3.63) is 0 Å². The quantitative estimate of drug-likeness (QED) is 0.724. The molecule has 2 saturated heterocycles. The van der Waals surface area contributed by atoms with Crippen LogP contribution < -0.4 is 5.32 Å². The van der Waals surface area contributed by atoms with E-state index in [1.807, 2.05) is 0 Å². The lowest BCUT2D eigenvalue weighted by Gasteiger charge is -2.34. The molecule has 2 aliphatic heterocycles. The second kappa shape index (κ2) is 7.17. The Morgan fingerprint density at radius 3 is 2.20 bits per heavy atom. The van der Waals surface area contributed by atoms with Gasteiger partial charge in [0.25, 0.3) is 0 Å². The lowest BCUT2D eigenvalue weighted by atomic mass is 10.1. The molecule has 0 radical (unpaired) electrons. The van der Waals surface area contributed by atoms with Crippen LogP contribution >= 0.6 is 0 Å². The number of hydrogen-bond acceptors (Lipinski definition) is 5. The number of rotatable bonds is 5. The second-order valence-electron chi connectivity index (χ2n) is 6.04. The van der Waals surface area contributed by atoms with Crippen LogP contribution in [0.5, 0.6) is 0 Å². The fourth-order valence-electron chi connectivity index (χ4n) is 2.89. The van der Waals surface area contributed by atoms with Crippen LogP contribution in [0.25, 0.3) is 0 Å². The predicted octanol–water partition coefficient (Wildman–Crippen LogP) is -0.753. The average molecular weight is 304 g/mol. The van der Waals surface area contributed by atoms with Gasteiger partial charge in [-0.2, -0.15) is 0 Å². The van der Waals surface area contributed by atoms with Gasteiger partial charge in [0.1, 0.15) is 0 Å². The van der Waals surface area contributed by atoms with Gasteiger partial charge in [-0.15, -0.1) is 0 Å². The molecule has 0 unspecified atom stereocenters. The van der Waals surface area contributed by atoms with Crippen LogP contribution in [0, 0.1) is 0 Å². The first-order chi connectivity index (χ1) is 9.45. The monoisotopic (exact) mass is 304 g/mol. The molecular formula is C13H28N4O2S. The first-order valence-corrected chi connectivity index (χ1v) is 9.39. The van der Waals surface area contributed by atoms with E-state index >= 15 is 0 Å². The van der Waals surface area contributed by atoms with Gasteiger partial charge in [0, 0.05) is 58.4 Å². The Labute approximate surface area is 123 Å². The van der Waals surface area contributed by atoms with Gasteiger partial charge >= 0.3 is 0 Å². The highest BCUT2D eigenvalue weighted by atomic mass is 32.2. The molecule has 0 aliphatic carbocycles. The second-order valence-corrected chi connectivity index (χ2v) is 8.02. The third kappa shape index (κ3) is 4.96. The van der Waals surface area contributed by atoms with Crippen LogP contribution in [-0.2, 0) is 10.0 Å². The highest BCUT2D eigenvalue weighted by Crippen LogP contribution is 2.12. The van der Waals surface area contributed by atoms with Crippen LogP contribution in [-0.4, -0.2) is 94.2 Å². The fourth-order valence-corrected chi connectivity index (χ4v) is 3.76. The molecule has 20 heavy (non-hydrogen) atoms. The topological polar surface area (TPSA) is 55.9 Å². The summed E-state index contributed by atoms with van der Waals surface area (Å²) in [6.07, 6.45) is 3.15. The zero-order chi connectivity index (χ0) is 14.6. The Balaban J connectivity index is 1.59. The summed E-state index contributed by atoms with van der Waals surface area (Å²) >= 11 is 0. The maximum Gasteiger partial charge on any atom is 0.211 e. The fraction of sp³-hybridized carbons (Fsp3) is 1.00. The molecule has 0 aromatic heterocycles. The van der Waals surface area contributed by atoms with E-state index in [4.69, 9.17) is 0 Å². The molecule has 0 saturated carbocycles. The molecule has 0 atom stereocenters. The van der Waals surface area contributed by atoms with E-state index in [9.17, 15) is 8.42 Å². The molecule has 7 heteroatoms. The number of nitrogens with zero attached hydrogens (tertiary/aromatic N) is 3. The lowest BCUT2D eigenvalue weighted by molar-refractivity contribution is 0.152. The minimum atomic E-state index is -3.00. The Bertz CT molecular complexity index is 385. The van der Waals surface area contributed by atoms with Crippen molar-refractivity contribution in [3.8, 4) is 0 Å². The van der Waals surface area contributed by atoms with E-state index in [2.05, 4.69) is 22.2 Å². The Kier molecular flexibility index (Phi) is 5.80. The smallest absolute Gasteiger partial charge is 0.211 e. The van der Waals surface area contributed by atoms with Crippen molar-refractivity contribution in [1.82, 2.24) is 19.4 Å². The summed E-state index contributed by atoms with van der Waals surface area (Å²) in [5.74, 6) is 0. The van der Waals surface area contributed by atoms with Crippen molar-refractivity contribution < 1.29 is 8.42 Å². The molecule has 118 valence electrons. The largest absolute Gasteiger partial charge is 0.313 e. The Morgan fingerprint density at radius 1 is 1.05 bits per heavy atom. The Morgan fingerprint density at radius 2 is 1.65 bits per heavy atom. The van der Waals surface area contributed by atoms with Crippen molar-refractivity contribution in [2.45, 2.75) is 18.9 Å². The molecule has 2 aliphatic rings. The molecule has 2 rings (SSSR count). The molecule has 0 aromatic carbocycles. The highest BCUT2D eigenvalue weighted by Gasteiger charge is 2.24. The third-order valence-electron chi connectivity index (χ3n) is 4.38. The summed E-state index contributed by atoms with van der Waals surface area (Å²) in [6, 6.07) is 0.473. The van der Waals surface area contributed by atoms with E-state index < -0.39 is 10.0 Å². The number of likely N-dealkylation sites (N-methyl/N-ethyl adjacent to an activating group) is 1. The number of piperazine rings is 1. The number of nitrogens with one attached hydrogen (secondary N) is 1. The van der Waals surface area contributed by atoms with E-state index in [-0.39, 0.29) is 0 Å². The summed E-state index contributed by atoms with van der Waals surface area (Å²) in [6.45, 7) is 8.05. The van der Waals surface area contributed by atoms with Crippen molar-refractivity contribution in [3.63, 3.8) is 0 Å². The SMILES string of the molecule is CN1CCN(CCNC2CCN(S(C)(=O)=O)CC2)CC1. The third-order valence-corrected chi connectivity index (χ3v) is 5.68. The summed E-state index contributed by atoms with van der Waals surface area (Å²) in [4.78, 5) is 4.86. The van der Waals surface area contributed by atoms with Crippen LogP contribution in [0.4, 0.5) is 0 Å². The van der Waals surface area contributed by atoms with E-state index in [1.54, 1.807) is 4.31 Å². The van der Waals surface area contributed by atoms with Crippen molar-refractivity contribution >= 4 is 10.0 Å². The van der Waals surface area contributed by atoms with Gasteiger partial charge in [-0.25, -0.2) is 12.7 Å². The zero-order valence-corrected chi connectivity index (χ0v) is 13.5. The molecule has 0 amide bonds. The molecule has 6 nitrogen and oxygen atoms in total. The minimum absolute atomic E-state index is 0.473. The number of sulfonamides is 1. The van der Waals surface area contributed by atoms with Crippen LogP contribution in [0.15, 0.2) is 0 Å². The number of hydrogen-bond donors (Lipinski definition) is 1. The maximum absolute atomic E-state index is 11.4. The van der Waals surface area contributed by atoms with E-state index in [0.717, 1.165) is 52.1 Å². The molecular weight excluding hydrogens is 276 g/mol. The van der Waals surface area contributed by atoms with Crippen molar-refractivity contribution in [2.75, 3.05) is 65.7 Å². The molecule has 0 aromatic rings. The predicted molar refractivity (Wildman–Crippen MR) is 81.4 cm³/mol. The van der Waals surface area contributed by atoms with Gasteiger partial charge in [0.05, 0.1) is 6.26 Å².